The Balaban J connectivity index is 2.20. The highest BCUT2D eigenvalue weighted by Gasteiger charge is 2.21. The quantitative estimate of drug-likeness (QED) is 0.648. The van der Waals surface area contributed by atoms with Crippen molar-refractivity contribution in [2.45, 2.75) is 18.9 Å². The highest BCUT2D eigenvalue weighted by molar-refractivity contribution is 5.95. The van der Waals surface area contributed by atoms with Gasteiger partial charge in [0.05, 0.1) is 14.2 Å². The molecule has 2 amide bonds. The van der Waals surface area contributed by atoms with Crippen molar-refractivity contribution in [3.05, 3.63) is 17.7 Å². The number of nitrogens with one attached hydrogen (secondary N) is 2. The molecular formula is C16H23N3O5. The number of hydrogen-bond acceptors (Lipinski definition) is 6. The van der Waals surface area contributed by atoms with Gasteiger partial charge in [-0.3, -0.25) is 9.59 Å². The van der Waals surface area contributed by atoms with Gasteiger partial charge >= 0.3 is 0 Å². The maximum Gasteiger partial charge on any atom is 0.255 e. The van der Waals surface area contributed by atoms with Crippen LogP contribution in [0.25, 0.3) is 0 Å². The minimum Gasteiger partial charge on any atom is -0.493 e. The van der Waals surface area contributed by atoms with E-state index >= 15 is 0 Å². The van der Waals surface area contributed by atoms with Crippen molar-refractivity contribution in [3.63, 3.8) is 0 Å². The van der Waals surface area contributed by atoms with E-state index in [1.807, 2.05) is 0 Å². The van der Waals surface area contributed by atoms with Gasteiger partial charge in [-0.05, 0) is 31.5 Å². The summed E-state index contributed by atoms with van der Waals surface area (Å²) in [5, 5.41) is 6.23. The number of methoxy groups -OCH3 is 2. The molecule has 0 spiro atoms. The minimum absolute atomic E-state index is 0.0917. The van der Waals surface area contributed by atoms with Gasteiger partial charge in [-0.1, -0.05) is 0 Å². The Kier molecular flexibility index (Phi) is 6.25. The highest BCUT2D eigenvalue weighted by Crippen LogP contribution is 2.38. The average molecular weight is 337 g/mol. The number of hydrogen-bond donors (Lipinski definition) is 3. The number of nitrogens with two attached hydrogens (primary N) is 1. The first-order chi connectivity index (χ1) is 11.5. The number of carbonyl (C=O) groups excluding carboxylic acids is 2. The lowest BCUT2D eigenvalue weighted by molar-refractivity contribution is -0.120. The van der Waals surface area contributed by atoms with Gasteiger partial charge in [0.15, 0.2) is 18.1 Å². The molecule has 1 atom stereocenters. The number of benzene rings is 1. The predicted octanol–water partition coefficient (Wildman–Crippen LogP) is 0.0497. The maximum absolute atomic E-state index is 12.5. The van der Waals surface area contributed by atoms with Crippen LogP contribution in [0.3, 0.4) is 0 Å². The van der Waals surface area contributed by atoms with Gasteiger partial charge in [-0.15, -0.1) is 0 Å². The van der Waals surface area contributed by atoms with Crippen LogP contribution in [-0.4, -0.2) is 51.8 Å². The standard InChI is InChI=1S/C16H23N3O5/c1-22-12-6-10(16(21)19-11-4-3-5-18-8-11)7-13(23-2)15(12)24-9-14(17)20/h6-7,11,18H,3-5,8-9H2,1-2H3,(H2,17,20)(H,19,21)/t11-/m0/s1. The Labute approximate surface area is 140 Å². The Bertz CT molecular complexity index is 574. The Morgan fingerprint density at radius 1 is 1.29 bits per heavy atom. The van der Waals surface area contributed by atoms with Gasteiger partial charge in [-0.2, -0.15) is 0 Å². The van der Waals surface area contributed by atoms with Crippen LogP contribution in [0.1, 0.15) is 23.2 Å². The molecule has 2 rings (SSSR count). The van der Waals surface area contributed by atoms with Gasteiger partial charge in [0, 0.05) is 18.2 Å². The van der Waals surface area contributed by atoms with Crippen molar-refractivity contribution < 1.29 is 23.8 Å². The van der Waals surface area contributed by atoms with Crippen molar-refractivity contribution in [1.29, 1.82) is 0 Å². The van der Waals surface area contributed by atoms with Gasteiger partial charge in [0.25, 0.3) is 11.8 Å². The zero-order valence-corrected chi connectivity index (χ0v) is 13.9. The van der Waals surface area contributed by atoms with Crippen molar-refractivity contribution in [1.82, 2.24) is 10.6 Å². The predicted molar refractivity (Wildman–Crippen MR) is 87.6 cm³/mol. The summed E-state index contributed by atoms with van der Waals surface area (Å²) in [6, 6.07) is 3.18. The number of rotatable bonds is 7. The third kappa shape index (κ3) is 4.51. The zero-order valence-electron chi connectivity index (χ0n) is 13.9. The summed E-state index contributed by atoms with van der Waals surface area (Å²) < 4.78 is 15.8. The molecule has 0 unspecified atom stereocenters. The van der Waals surface area contributed by atoms with Gasteiger partial charge in [-0.25, -0.2) is 0 Å². The largest absolute Gasteiger partial charge is 0.493 e. The Morgan fingerprint density at radius 2 is 1.96 bits per heavy atom. The second-order valence-electron chi connectivity index (χ2n) is 5.48. The van der Waals surface area contributed by atoms with Gasteiger partial charge < -0.3 is 30.6 Å². The van der Waals surface area contributed by atoms with E-state index in [9.17, 15) is 9.59 Å². The van der Waals surface area contributed by atoms with Crippen molar-refractivity contribution in [2.75, 3.05) is 33.9 Å². The third-order valence-corrected chi connectivity index (χ3v) is 3.71. The molecule has 4 N–H and O–H groups in total. The second-order valence-corrected chi connectivity index (χ2v) is 5.48. The van der Waals surface area contributed by atoms with Crippen LogP contribution in [0.2, 0.25) is 0 Å². The fraction of sp³-hybridized carbons (Fsp3) is 0.500. The van der Waals surface area contributed by atoms with E-state index in [4.69, 9.17) is 19.9 Å². The first-order valence-corrected chi connectivity index (χ1v) is 7.74. The lowest BCUT2D eigenvalue weighted by atomic mass is 10.1. The third-order valence-electron chi connectivity index (χ3n) is 3.71. The molecule has 1 saturated heterocycles. The lowest BCUT2D eigenvalue weighted by Gasteiger charge is -2.24. The fourth-order valence-corrected chi connectivity index (χ4v) is 2.54. The Hall–Kier alpha value is -2.48. The van der Waals surface area contributed by atoms with E-state index in [1.54, 1.807) is 12.1 Å². The van der Waals surface area contributed by atoms with Crippen LogP contribution < -0.4 is 30.6 Å². The van der Waals surface area contributed by atoms with Crippen LogP contribution in [0.5, 0.6) is 17.2 Å². The monoisotopic (exact) mass is 337 g/mol. The molecule has 0 aliphatic carbocycles. The zero-order chi connectivity index (χ0) is 17.5. The molecule has 1 aliphatic rings. The van der Waals surface area contributed by atoms with E-state index in [-0.39, 0.29) is 24.3 Å². The highest BCUT2D eigenvalue weighted by atomic mass is 16.5. The van der Waals surface area contributed by atoms with Gasteiger partial charge in [0.2, 0.25) is 5.75 Å². The number of ether oxygens (including phenoxy) is 3. The molecule has 1 aromatic carbocycles. The number of carbonyl (C=O) groups is 2. The van der Waals surface area contributed by atoms with E-state index in [0.29, 0.717) is 17.1 Å². The van der Waals surface area contributed by atoms with Crippen molar-refractivity contribution in [2.24, 2.45) is 5.73 Å². The molecule has 1 aromatic rings. The van der Waals surface area contributed by atoms with Crippen LogP contribution in [0.4, 0.5) is 0 Å². The molecule has 132 valence electrons. The molecule has 8 nitrogen and oxygen atoms in total. The van der Waals surface area contributed by atoms with Crippen molar-refractivity contribution >= 4 is 11.8 Å². The van der Waals surface area contributed by atoms with Crippen LogP contribution in [0.15, 0.2) is 12.1 Å². The molecule has 1 heterocycles. The fourth-order valence-electron chi connectivity index (χ4n) is 2.54. The molecule has 8 heteroatoms. The van der Waals surface area contributed by atoms with E-state index in [0.717, 1.165) is 25.9 Å². The normalized spacial score (nSPS) is 17.0. The molecule has 0 bridgehead atoms. The van der Waals surface area contributed by atoms with Crippen molar-refractivity contribution in [3.8, 4) is 17.2 Å². The molecule has 0 saturated carbocycles. The molecule has 1 aliphatic heterocycles. The van der Waals surface area contributed by atoms with E-state index < -0.39 is 5.91 Å². The number of primary amides is 1. The molecule has 1 fully saturated rings. The molecule has 24 heavy (non-hydrogen) atoms. The average Bonchev–Trinajstić information content (AvgIpc) is 2.59. The summed E-state index contributed by atoms with van der Waals surface area (Å²) >= 11 is 0. The summed E-state index contributed by atoms with van der Waals surface area (Å²) in [6.07, 6.45) is 1.96. The Morgan fingerprint density at radius 3 is 2.46 bits per heavy atom. The summed E-state index contributed by atoms with van der Waals surface area (Å²) in [5.41, 5.74) is 5.48. The van der Waals surface area contributed by atoms with Crippen LogP contribution in [-0.2, 0) is 4.79 Å². The summed E-state index contributed by atoms with van der Waals surface area (Å²) in [4.78, 5) is 23.4. The van der Waals surface area contributed by atoms with Gasteiger partial charge in [0.1, 0.15) is 0 Å². The molecular weight excluding hydrogens is 314 g/mol. The van der Waals surface area contributed by atoms with E-state index in [1.165, 1.54) is 14.2 Å². The summed E-state index contributed by atoms with van der Waals surface area (Å²) in [6.45, 7) is 1.41. The molecule has 0 radical (unpaired) electrons. The SMILES string of the molecule is COc1cc(C(=O)N[C@H]2CCCNC2)cc(OC)c1OCC(N)=O. The summed E-state index contributed by atoms with van der Waals surface area (Å²) in [5.74, 6) is -0.0211. The first-order valence-electron chi connectivity index (χ1n) is 7.74. The van der Waals surface area contributed by atoms with Crippen LogP contribution >= 0.6 is 0 Å². The minimum atomic E-state index is -0.620. The second kappa shape index (κ2) is 8.39. The molecule has 0 aromatic heterocycles. The lowest BCUT2D eigenvalue weighted by Crippen LogP contribution is -2.45. The van der Waals surface area contributed by atoms with Crippen LogP contribution in [0, 0.1) is 0 Å². The maximum atomic E-state index is 12.5. The summed E-state index contributed by atoms with van der Waals surface area (Å²) in [7, 11) is 2.89. The van der Waals surface area contributed by atoms with E-state index in [2.05, 4.69) is 10.6 Å². The number of amides is 2. The number of piperidine rings is 1. The first kappa shape index (κ1) is 17.9. The smallest absolute Gasteiger partial charge is 0.255 e. The topological polar surface area (TPSA) is 112 Å².